The van der Waals surface area contributed by atoms with Gasteiger partial charge in [0.25, 0.3) is 0 Å². The molecule has 0 saturated carbocycles. The first-order chi connectivity index (χ1) is 19.7. The molecular formula is C27H37N3O11. The van der Waals surface area contributed by atoms with Gasteiger partial charge in [-0.25, -0.2) is 42.5 Å². The lowest BCUT2D eigenvalue weighted by molar-refractivity contribution is -0.143. The molecule has 1 fully saturated rings. The number of allylic oxidation sites excluding steroid dienone is 3. The zero-order valence-electron chi connectivity index (χ0n) is 23.6. The Hall–Kier alpha value is -4.49. The van der Waals surface area contributed by atoms with Crippen molar-refractivity contribution in [3.8, 4) is 0 Å². The van der Waals surface area contributed by atoms with Gasteiger partial charge in [0, 0.05) is 24.6 Å². The van der Waals surface area contributed by atoms with E-state index in [1.54, 1.807) is 20.8 Å². The van der Waals surface area contributed by atoms with E-state index in [-0.39, 0.29) is 45.4 Å². The third-order valence-corrected chi connectivity index (χ3v) is 5.26. The molecule has 2 heterocycles. The molecular weight excluding hydrogens is 542 g/mol. The number of aromatic nitrogens is 3. The van der Waals surface area contributed by atoms with Crippen molar-refractivity contribution in [2.75, 3.05) is 26.4 Å². The Balaban J connectivity index is 0.000000895. The molecule has 0 amide bonds. The normalized spacial score (nSPS) is 13.4. The molecule has 2 rings (SSSR count). The maximum atomic E-state index is 12.7. The van der Waals surface area contributed by atoms with Gasteiger partial charge < -0.3 is 18.9 Å². The lowest BCUT2D eigenvalue weighted by Gasteiger charge is -2.14. The summed E-state index contributed by atoms with van der Waals surface area (Å²) in [4.78, 5) is 83.1. The maximum absolute atomic E-state index is 12.7. The van der Waals surface area contributed by atoms with Crippen molar-refractivity contribution >= 4 is 23.9 Å². The van der Waals surface area contributed by atoms with E-state index in [1.807, 2.05) is 0 Å². The first-order valence-corrected chi connectivity index (χ1v) is 13.1. The number of esters is 4. The van der Waals surface area contributed by atoms with Crippen molar-refractivity contribution < 1.29 is 38.1 Å². The predicted octanol–water partition coefficient (Wildman–Crippen LogP) is 0.633. The monoisotopic (exact) mass is 579 g/mol. The molecule has 1 aliphatic rings. The van der Waals surface area contributed by atoms with Crippen LogP contribution in [0.25, 0.3) is 0 Å². The van der Waals surface area contributed by atoms with E-state index in [0.29, 0.717) is 26.7 Å². The number of rotatable bonds is 12. The topological polar surface area (TPSA) is 171 Å². The molecule has 1 aromatic heterocycles. The molecule has 0 radical (unpaired) electrons. The van der Waals surface area contributed by atoms with E-state index < -0.39 is 35.0 Å². The van der Waals surface area contributed by atoms with Crippen molar-refractivity contribution in [2.24, 2.45) is 0 Å². The van der Waals surface area contributed by atoms with E-state index in [9.17, 15) is 33.6 Å². The lowest BCUT2D eigenvalue weighted by atomic mass is 10.2. The van der Waals surface area contributed by atoms with Crippen LogP contribution in [-0.4, -0.2) is 64.0 Å². The number of carbonyl (C=O) groups is 4. The summed E-state index contributed by atoms with van der Waals surface area (Å²) in [6.07, 6.45) is 11.7. The molecule has 0 spiro atoms. The van der Waals surface area contributed by atoms with E-state index >= 15 is 0 Å². The number of nitrogens with zero attached hydrogens (tertiary/aromatic N) is 3. The van der Waals surface area contributed by atoms with Crippen molar-refractivity contribution in [1.82, 2.24) is 13.7 Å². The van der Waals surface area contributed by atoms with E-state index in [2.05, 4.69) is 0 Å². The Kier molecular flexibility index (Phi) is 16.5. The van der Waals surface area contributed by atoms with Crippen LogP contribution in [0.2, 0.25) is 0 Å². The van der Waals surface area contributed by atoms with Crippen LogP contribution in [0.1, 0.15) is 46.5 Å². The second kappa shape index (κ2) is 19.6. The number of hydrogen-bond donors (Lipinski definition) is 0. The van der Waals surface area contributed by atoms with Gasteiger partial charge >= 0.3 is 40.9 Å². The van der Waals surface area contributed by atoms with Crippen LogP contribution in [0.15, 0.2) is 50.8 Å². The number of ether oxygens (including phenoxy) is 4. The predicted molar refractivity (Wildman–Crippen MR) is 146 cm³/mol. The molecule has 1 aliphatic heterocycles. The SMILES string of the molecule is CC=CC(=O)OCCn1c(=O)n(CCOC(=O)C=CC)c(=O)n(CCOC(=O)C=CC)c1=O.O=C1CCCCCO1. The summed E-state index contributed by atoms with van der Waals surface area (Å²) in [5.41, 5.74) is -2.89. The Morgan fingerprint density at radius 1 is 0.634 bits per heavy atom. The summed E-state index contributed by atoms with van der Waals surface area (Å²) in [6, 6.07) is 0. The minimum Gasteiger partial charge on any atom is -0.466 e. The third kappa shape index (κ3) is 12.9. The summed E-state index contributed by atoms with van der Waals surface area (Å²) >= 11 is 0. The van der Waals surface area contributed by atoms with Gasteiger partial charge in [-0.05, 0) is 40.0 Å². The van der Waals surface area contributed by atoms with Crippen LogP contribution in [-0.2, 0) is 57.8 Å². The average molecular weight is 580 g/mol. The molecule has 0 unspecified atom stereocenters. The summed E-state index contributed by atoms with van der Waals surface area (Å²) in [6.45, 7) is 3.62. The fraction of sp³-hybridized carbons (Fsp3) is 0.519. The third-order valence-electron chi connectivity index (χ3n) is 5.26. The minimum absolute atomic E-state index is 0.0255. The van der Waals surface area contributed by atoms with Gasteiger partial charge in [-0.3, -0.25) is 4.79 Å². The molecule has 14 heteroatoms. The van der Waals surface area contributed by atoms with Crippen LogP contribution in [0, 0.1) is 0 Å². The second-order valence-corrected chi connectivity index (χ2v) is 8.34. The summed E-state index contributed by atoms with van der Waals surface area (Å²) in [7, 11) is 0. The van der Waals surface area contributed by atoms with Crippen LogP contribution < -0.4 is 17.1 Å². The molecule has 1 aromatic rings. The molecule has 0 atom stereocenters. The molecule has 14 nitrogen and oxygen atoms in total. The van der Waals surface area contributed by atoms with Gasteiger partial charge in [0.1, 0.15) is 19.8 Å². The lowest BCUT2D eigenvalue weighted by Crippen LogP contribution is -2.55. The zero-order valence-corrected chi connectivity index (χ0v) is 23.6. The van der Waals surface area contributed by atoms with E-state index in [0.717, 1.165) is 19.3 Å². The van der Waals surface area contributed by atoms with Gasteiger partial charge in [-0.2, -0.15) is 0 Å². The van der Waals surface area contributed by atoms with Crippen LogP contribution in [0.5, 0.6) is 0 Å². The van der Waals surface area contributed by atoms with Crippen LogP contribution in [0.4, 0.5) is 0 Å². The Bertz CT molecular complexity index is 1120. The highest BCUT2D eigenvalue weighted by atomic mass is 16.5. The van der Waals surface area contributed by atoms with Gasteiger partial charge in [0.15, 0.2) is 0 Å². The number of hydrogen-bond acceptors (Lipinski definition) is 11. The van der Waals surface area contributed by atoms with Crippen molar-refractivity contribution in [3.63, 3.8) is 0 Å². The van der Waals surface area contributed by atoms with Crippen LogP contribution >= 0.6 is 0 Å². The fourth-order valence-corrected chi connectivity index (χ4v) is 3.33. The van der Waals surface area contributed by atoms with Gasteiger partial charge in [-0.15, -0.1) is 0 Å². The quantitative estimate of drug-likeness (QED) is 0.193. The molecule has 0 bridgehead atoms. The number of cyclic esters (lactones) is 1. The smallest absolute Gasteiger partial charge is 0.336 e. The Morgan fingerprint density at radius 3 is 1.34 bits per heavy atom. The highest BCUT2D eigenvalue weighted by Crippen LogP contribution is 2.06. The van der Waals surface area contributed by atoms with E-state index in [1.165, 1.54) is 36.5 Å². The van der Waals surface area contributed by atoms with Crippen molar-refractivity contribution in [3.05, 3.63) is 67.9 Å². The Labute approximate surface area is 236 Å². The van der Waals surface area contributed by atoms with Gasteiger partial charge in [0.2, 0.25) is 0 Å². The minimum atomic E-state index is -0.962. The average Bonchev–Trinajstić information content (AvgIpc) is 3.18. The fourth-order valence-electron chi connectivity index (χ4n) is 3.33. The molecule has 0 N–H and O–H groups in total. The van der Waals surface area contributed by atoms with Crippen molar-refractivity contribution in [1.29, 1.82) is 0 Å². The summed E-state index contributed by atoms with van der Waals surface area (Å²) < 4.78 is 21.6. The number of carbonyl (C=O) groups excluding carboxylic acids is 4. The van der Waals surface area contributed by atoms with Gasteiger partial charge in [-0.1, -0.05) is 18.2 Å². The largest absolute Gasteiger partial charge is 0.466 e. The molecule has 41 heavy (non-hydrogen) atoms. The summed E-state index contributed by atoms with van der Waals surface area (Å²) in [5.74, 6) is -2.01. The highest BCUT2D eigenvalue weighted by molar-refractivity contribution is 5.82. The second-order valence-electron chi connectivity index (χ2n) is 8.34. The molecule has 0 aliphatic carbocycles. The standard InChI is InChI=1S/C21H27N3O9.C6H10O2/c1-4-7-16(25)31-13-10-22-19(28)23(11-14-32-17(26)8-5-2)21(30)24(20(22)29)12-15-33-18(27)9-6-3;7-6-4-2-1-3-5-8-6/h4-9H,10-15H2,1-3H3;1-5H2. The highest BCUT2D eigenvalue weighted by Gasteiger charge is 2.16. The summed E-state index contributed by atoms with van der Waals surface area (Å²) in [5, 5.41) is 0. The molecule has 1 saturated heterocycles. The van der Waals surface area contributed by atoms with Crippen LogP contribution in [0.3, 0.4) is 0 Å². The molecule has 226 valence electrons. The van der Waals surface area contributed by atoms with Crippen molar-refractivity contribution in [2.45, 2.75) is 66.1 Å². The first kappa shape index (κ1) is 34.5. The first-order valence-electron chi connectivity index (χ1n) is 13.1. The van der Waals surface area contributed by atoms with E-state index in [4.69, 9.17) is 18.9 Å². The maximum Gasteiger partial charge on any atom is 0.336 e. The Morgan fingerprint density at radius 2 is 1.00 bits per heavy atom. The molecule has 0 aromatic carbocycles. The van der Waals surface area contributed by atoms with Gasteiger partial charge in [0.05, 0.1) is 26.2 Å². The zero-order chi connectivity index (χ0) is 30.6.